The van der Waals surface area contributed by atoms with E-state index in [-0.39, 0.29) is 52.6 Å². The third kappa shape index (κ3) is 11.1. The monoisotopic (exact) mass is 1300 g/mol. The average molecular weight is 1300 g/mol. The number of ketones is 1. The fraction of sp³-hybridized carbons (Fsp3) is 0.831. The van der Waals surface area contributed by atoms with E-state index in [9.17, 15) is 55.5 Å². The van der Waals surface area contributed by atoms with Crippen molar-refractivity contribution in [3.8, 4) is 0 Å². The third-order valence-corrected chi connectivity index (χ3v) is 29.7. The van der Waals surface area contributed by atoms with E-state index in [0.717, 1.165) is 37.7 Å². The number of fused-ring (bicyclic) bond motifs is 8. The number of carbonyl (C=O) groups is 3. The van der Waals surface area contributed by atoms with Crippen molar-refractivity contribution >= 4 is 39.6 Å². The number of benzene rings is 1. The Morgan fingerprint density at radius 3 is 2.08 bits per heavy atom. The molecule has 10 rings (SSSR count). The predicted molar refractivity (Wildman–Crippen MR) is 314 cm³/mol. The summed E-state index contributed by atoms with van der Waals surface area (Å²) in [5.74, 6) is -3.63. The summed E-state index contributed by atoms with van der Waals surface area (Å²) >= 11 is -2.25. The molecule has 4 heterocycles. The zero-order chi connectivity index (χ0) is 61.9. The van der Waals surface area contributed by atoms with Gasteiger partial charge in [0.1, 0.15) is 60.4 Å². The molecule has 0 aromatic heterocycles. The van der Waals surface area contributed by atoms with Gasteiger partial charge in [0.05, 0.1) is 37.6 Å². The number of aliphatic hydroxyl groups is 9. The first-order valence-corrected chi connectivity index (χ1v) is 41.9. The number of Topliss-reactive ketones (excluding diaryl/α,β-unsaturated/α-hetero) is 1. The Morgan fingerprint density at radius 1 is 0.729 bits per heavy atom. The van der Waals surface area contributed by atoms with Gasteiger partial charge >= 0.3 is 128 Å². The van der Waals surface area contributed by atoms with E-state index in [1.54, 1.807) is 0 Å². The average Bonchev–Trinajstić information content (AvgIpc) is 1.01. The molecule has 20 heteroatoms. The number of rotatable bonds is 16. The zero-order valence-electron chi connectivity index (χ0n) is 52.1. The Labute approximate surface area is 506 Å². The summed E-state index contributed by atoms with van der Waals surface area (Å²) in [7, 11) is 0. The minimum absolute atomic E-state index is 0.0787. The van der Waals surface area contributed by atoms with Gasteiger partial charge in [0, 0.05) is 0 Å². The number of hydrogen-bond donors (Lipinski definition) is 10. The maximum Gasteiger partial charge on any atom is 0.186 e. The molecule has 1 aromatic carbocycles. The van der Waals surface area contributed by atoms with Crippen LogP contribution in [0.4, 0.5) is 0 Å². The molecule has 8 fully saturated rings. The van der Waals surface area contributed by atoms with Crippen LogP contribution < -0.4 is 8.90 Å². The number of hydrogen-bond acceptors (Lipinski definition) is 18. The first-order chi connectivity index (χ1) is 39.7. The second kappa shape index (κ2) is 23.8. The first kappa shape index (κ1) is 65.8. The second-order valence-corrected chi connectivity index (χ2v) is 45.2. The molecule has 85 heavy (non-hydrogen) atoms. The van der Waals surface area contributed by atoms with Crippen molar-refractivity contribution in [3.63, 3.8) is 0 Å². The zero-order valence-corrected chi connectivity index (χ0v) is 54.9. The quantitative estimate of drug-likeness (QED) is 0.0359. The predicted octanol–water partition coefficient (Wildman–Crippen LogP) is 4.47. The Kier molecular flexibility index (Phi) is 18.4. The molecule has 1 aromatic rings. The van der Waals surface area contributed by atoms with E-state index in [2.05, 4.69) is 86.8 Å². The molecule has 14 unspecified atom stereocenters. The summed E-state index contributed by atoms with van der Waals surface area (Å²) < 4.78 is 39.4. The van der Waals surface area contributed by atoms with Crippen LogP contribution in [0.25, 0.3) is 0 Å². The van der Waals surface area contributed by atoms with Gasteiger partial charge in [0.15, 0.2) is 18.5 Å². The molecule has 478 valence electrons. The van der Waals surface area contributed by atoms with Crippen LogP contribution in [0.15, 0.2) is 35.9 Å². The fourth-order valence-electron chi connectivity index (χ4n) is 18.4. The molecular weight excluding hydrogens is 1200 g/mol. The SMILES string of the molecule is C[C@H]1O[C@@H](C2(OC(=O)C34CCC(C)(C)CC3C3=CCC5C6(C)CC[C@H](O)C(C)(C)[C@@H]6CC[C@]5(C)[C@]3(C)C[C@@H]4O)OC3C(O)C(NC(=O)CCCCCCC(=O)c4cc[c]([Sn]([CH3])([CH3])[CH3])cc4)[C@H](CO)O[C@H]32)C(O)C(O)C1O[C@@H]1OCC(O)C(O)C1O. The van der Waals surface area contributed by atoms with Gasteiger partial charge in [-0.25, -0.2) is 0 Å². The second-order valence-electron chi connectivity index (χ2n) is 30.7. The van der Waals surface area contributed by atoms with E-state index < -0.39 is 164 Å². The Hall–Kier alpha value is -2.19. The fourth-order valence-corrected chi connectivity index (χ4v) is 21.7. The van der Waals surface area contributed by atoms with E-state index in [4.69, 9.17) is 28.4 Å². The van der Waals surface area contributed by atoms with E-state index in [1.165, 1.54) is 10.5 Å². The van der Waals surface area contributed by atoms with Crippen molar-refractivity contribution in [1.29, 1.82) is 0 Å². The van der Waals surface area contributed by atoms with Crippen LogP contribution in [0.5, 0.6) is 0 Å². The van der Waals surface area contributed by atoms with Crippen LogP contribution in [-0.4, -0.2) is 199 Å². The van der Waals surface area contributed by atoms with Gasteiger partial charge in [-0.3, -0.25) is 9.59 Å². The number of unbranched alkanes of at least 4 members (excludes halogenated alkanes) is 3. The normalized spacial score (nSPS) is 46.4. The van der Waals surface area contributed by atoms with Gasteiger partial charge in [-0.2, -0.15) is 0 Å². The molecule has 10 N–H and O–H groups in total. The standard InChI is InChI=1S/C62H92NO18.3CH3.Sn/c1-32-50(79-54-49(74)45(70)37(66)31-76-54)47(72)48(73)52(77-32)62(53-51(80-62)46(71)44(38(30-64)78-53)63-43(69)19-15-10-9-14-18-36(65)33-16-12-11-13-17-33)81-55(75)61-27-26-56(2,3)28-35(61)34-20-21-40-58(6)24-23-41(67)57(4,5)39(58)22-25-59(40,7)60(34,8)29-42(61)68;;;;/h12-13,16-17,20,32,35,37-42,44-54,64,66-68,70-74H,9-10,14-15,18-19,21-31H2,1-8H3,(H,63,69);3*1H3;/t32-,35?,37?,38+,39+,40?,41+,42+,44?,45?,46?,47?,48?,49?,50?,51?,52-,53-,54+,58?,59+,60-,61?,62?;;;;/m1..../s1. The van der Waals surface area contributed by atoms with Gasteiger partial charge < -0.3 is 79.7 Å². The van der Waals surface area contributed by atoms with Crippen molar-refractivity contribution < 1.29 is 88.8 Å². The van der Waals surface area contributed by atoms with Gasteiger partial charge in [0.2, 0.25) is 0 Å². The summed E-state index contributed by atoms with van der Waals surface area (Å²) in [6.45, 7) is 16.2. The van der Waals surface area contributed by atoms with Crippen LogP contribution in [0.3, 0.4) is 0 Å². The molecule has 4 saturated heterocycles. The third-order valence-electron chi connectivity index (χ3n) is 23.8. The van der Waals surface area contributed by atoms with Crippen molar-refractivity contribution in [3.05, 3.63) is 41.5 Å². The van der Waals surface area contributed by atoms with Crippen molar-refractivity contribution in [2.75, 3.05) is 13.2 Å². The van der Waals surface area contributed by atoms with Gasteiger partial charge in [-0.1, -0.05) is 60.1 Å². The molecule has 4 saturated carbocycles. The molecule has 0 radical (unpaired) electrons. The summed E-state index contributed by atoms with van der Waals surface area (Å²) in [6, 6.07) is 6.80. The molecule has 9 aliphatic rings. The molecule has 5 aliphatic carbocycles. The Morgan fingerprint density at radius 2 is 1.41 bits per heavy atom. The van der Waals surface area contributed by atoms with Crippen molar-refractivity contribution in [2.45, 2.75) is 270 Å². The number of aliphatic hydroxyl groups excluding tert-OH is 9. The number of ether oxygens (including phenoxy) is 6. The van der Waals surface area contributed by atoms with Crippen LogP contribution in [0, 0.1) is 50.2 Å². The molecule has 0 bridgehead atoms. The number of amides is 1. The van der Waals surface area contributed by atoms with Crippen molar-refractivity contribution in [1.82, 2.24) is 5.32 Å². The summed E-state index contributed by atoms with van der Waals surface area (Å²) in [4.78, 5) is 49.7. The Balaban J connectivity index is 0.899. The maximum atomic E-state index is 16.2. The molecule has 0 spiro atoms. The van der Waals surface area contributed by atoms with Crippen LogP contribution >= 0.6 is 0 Å². The molecule has 4 aliphatic heterocycles. The van der Waals surface area contributed by atoms with E-state index in [1.807, 2.05) is 12.1 Å². The Bertz CT molecular complexity index is 2650. The smallest absolute Gasteiger partial charge is 0.186 e. The summed E-state index contributed by atoms with van der Waals surface area (Å²) in [5, 5.41) is 106. The van der Waals surface area contributed by atoms with Crippen LogP contribution in [-0.2, 0) is 38.0 Å². The molecule has 24 atom stereocenters. The molecule has 19 nitrogen and oxygen atoms in total. The van der Waals surface area contributed by atoms with Crippen LogP contribution in [0.1, 0.15) is 162 Å². The number of carbonyl (C=O) groups excluding carboxylic acids is 3. The minimum Gasteiger partial charge on any atom is -0.394 e. The summed E-state index contributed by atoms with van der Waals surface area (Å²) in [6.07, 6.45) is -10.9. The van der Waals surface area contributed by atoms with Crippen molar-refractivity contribution in [2.24, 2.45) is 50.2 Å². The first-order valence-electron chi connectivity index (χ1n) is 31.9. The van der Waals surface area contributed by atoms with Gasteiger partial charge in [-0.15, -0.1) is 0 Å². The van der Waals surface area contributed by atoms with Gasteiger partial charge in [-0.05, 0) is 110 Å². The largest absolute Gasteiger partial charge is 0.394 e. The summed E-state index contributed by atoms with van der Waals surface area (Å²) in [5.41, 5.74) is -1.20. The number of esters is 1. The molecular formula is C65H101NO18Sn. The van der Waals surface area contributed by atoms with Gasteiger partial charge in [0.25, 0.3) is 5.79 Å². The number of allylic oxidation sites excluding steroid dienone is 2. The minimum atomic E-state index is -2.46. The topological polar surface area (TPSA) is 301 Å². The maximum absolute atomic E-state index is 16.2. The number of nitrogens with one attached hydrogen (secondary N) is 1. The van der Waals surface area contributed by atoms with E-state index in [0.29, 0.717) is 56.4 Å². The van der Waals surface area contributed by atoms with Crippen LogP contribution in [0.2, 0.25) is 14.8 Å². The van der Waals surface area contributed by atoms with E-state index >= 15 is 4.79 Å². The molecule has 1 amide bonds.